The molecule has 0 atom stereocenters. The average Bonchev–Trinajstić information content (AvgIpc) is 2.84. The van der Waals surface area contributed by atoms with E-state index in [-0.39, 0.29) is 6.61 Å². The quantitative estimate of drug-likeness (QED) is 0.148. The van der Waals surface area contributed by atoms with Crippen LogP contribution >= 0.6 is 11.6 Å². The van der Waals surface area contributed by atoms with Gasteiger partial charge in [-0.15, -0.1) is 6.58 Å². The van der Waals surface area contributed by atoms with E-state index in [2.05, 4.69) is 17.1 Å². The average molecular weight is 479 g/mol. The number of esters is 1. The van der Waals surface area contributed by atoms with E-state index in [4.69, 9.17) is 25.8 Å². The molecule has 0 bridgehead atoms. The summed E-state index contributed by atoms with van der Waals surface area (Å²) >= 11 is 5.84. The molecule has 34 heavy (non-hydrogen) atoms. The van der Waals surface area contributed by atoms with Crippen molar-refractivity contribution in [2.75, 3.05) is 13.7 Å². The topological polar surface area (TPSA) is 86.2 Å². The van der Waals surface area contributed by atoms with E-state index in [1.165, 1.54) is 13.3 Å². The summed E-state index contributed by atoms with van der Waals surface area (Å²) in [5.41, 5.74) is 4.42. The third kappa shape index (κ3) is 7.21. The molecule has 1 amide bonds. The molecule has 3 aromatic rings. The molecular weight excluding hydrogens is 456 g/mol. The Bertz CT molecular complexity index is 1190. The first-order chi connectivity index (χ1) is 16.5. The zero-order valence-corrected chi connectivity index (χ0v) is 19.2. The van der Waals surface area contributed by atoms with Crippen LogP contribution in [0.3, 0.4) is 0 Å². The first kappa shape index (κ1) is 24.5. The lowest BCUT2D eigenvalue weighted by Crippen LogP contribution is -2.24. The van der Waals surface area contributed by atoms with Gasteiger partial charge in [-0.2, -0.15) is 5.10 Å². The number of allylic oxidation sites excluding steroid dienone is 1. The van der Waals surface area contributed by atoms with Gasteiger partial charge in [0, 0.05) is 5.02 Å². The normalized spacial score (nSPS) is 10.5. The van der Waals surface area contributed by atoms with Crippen LogP contribution in [-0.2, 0) is 11.2 Å². The molecule has 7 nitrogen and oxygen atoms in total. The fraction of sp³-hybridized carbons (Fsp3) is 0.115. The standard InChI is InChI=1S/C26H23ClN2O5/c1-3-5-18-8-13-23(24(15-18)32-2)33-17-25(30)29-28-16-19-6-4-7-22(14-19)34-26(31)20-9-11-21(27)12-10-20/h3-4,6-16H,1,5,17H2,2H3,(H,29,30)/b28-16+. The zero-order valence-electron chi connectivity index (χ0n) is 18.5. The molecule has 0 aromatic heterocycles. The van der Waals surface area contributed by atoms with Gasteiger partial charge >= 0.3 is 5.97 Å². The van der Waals surface area contributed by atoms with Crippen molar-refractivity contribution in [2.45, 2.75) is 6.42 Å². The number of ether oxygens (including phenoxy) is 3. The van der Waals surface area contributed by atoms with Crippen LogP contribution in [0.4, 0.5) is 0 Å². The number of benzene rings is 3. The second kappa shape index (κ2) is 12.2. The second-order valence-corrected chi connectivity index (χ2v) is 7.47. The largest absolute Gasteiger partial charge is 0.493 e. The molecule has 0 unspecified atom stereocenters. The van der Waals surface area contributed by atoms with Crippen LogP contribution in [0.2, 0.25) is 5.02 Å². The van der Waals surface area contributed by atoms with E-state index < -0.39 is 11.9 Å². The first-order valence-electron chi connectivity index (χ1n) is 10.3. The van der Waals surface area contributed by atoms with Crippen LogP contribution < -0.4 is 19.6 Å². The number of halogens is 1. The zero-order chi connectivity index (χ0) is 24.3. The van der Waals surface area contributed by atoms with Crippen LogP contribution in [0.1, 0.15) is 21.5 Å². The van der Waals surface area contributed by atoms with Crippen molar-refractivity contribution in [3.05, 3.63) is 101 Å². The van der Waals surface area contributed by atoms with Crippen LogP contribution in [0, 0.1) is 0 Å². The van der Waals surface area contributed by atoms with E-state index in [1.807, 2.05) is 12.1 Å². The molecule has 3 aromatic carbocycles. The summed E-state index contributed by atoms with van der Waals surface area (Å²) in [7, 11) is 1.53. The highest BCUT2D eigenvalue weighted by Crippen LogP contribution is 2.28. The lowest BCUT2D eigenvalue weighted by molar-refractivity contribution is -0.123. The van der Waals surface area contributed by atoms with Gasteiger partial charge in [0.1, 0.15) is 5.75 Å². The van der Waals surface area contributed by atoms with Crippen molar-refractivity contribution in [1.29, 1.82) is 0 Å². The van der Waals surface area contributed by atoms with E-state index in [0.29, 0.717) is 39.8 Å². The summed E-state index contributed by atoms with van der Waals surface area (Å²) in [6, 6.07) is 18.6. The highest BCUT2D eigenvalue weighted by molar-refractivity contribution is 6.30. The highest BCUT2D eigenvalue weighted by Gasteiger charge is 2.10. The lowest BCUT2D eigenvalue weighted by Gasteiger charge is -2.11. The summed E-state index contributed by atoms with van der Waals surface area (Å²) in [6.45, 7) is 3.47. The van der Waals surface area contributed by atoms with Crippen molar-refractivity contribution < 1.29 is 23.8 Å². The highest BCUT2D eigenvalue weighted by atomic mass is 35.5. The van der Waals surface area contributed by atoms with Gasteiger partial charge in [0.05, 0.1) is 18.9 Å². The first-order valence-corrected chi connectivity index (χ1v) is 10.7. The Hall–Kier alpha value is -4.10. The van der Waals surface area contributed by atoms with Gasteiger partial charge in [-0.05, 0) is 66.1 Å². The maximum Gasteiger partial charge on any atom is 0.343 e. The van der Waals surface area contributed by atoms with Gasteiger partial charge in [-0.25, -0.2) is 10.2 Å². The third-order valence-electron chi connectivity index (χ3n) is 4.52. The number of carbonyl (C=O) groups is 2. The number of hydrazone groups is 1. The van der Waals surface area contributed by atoms with Gasteiger partial charge < -0.3 is 14.2 Å². The number of amides is 1. The fourth-order valence-corrected chi connectivity index (χ4v) is 3.02. The molecule has 0 saturated carbocycles. The van der Waals surface area contributed by atoms with E-state index in [1.54, 1.807) is 60.7 Å². The third-order valence-corrected chi connectivity index (χ3v) is 4.77. The van der Waals surface area contributed by atoms with E-state index in [9.17, 15) is 9.59 Å². The number of nitrogens with one attached hydrogen (secondary N) is 1. The predicted octanol–water partition coefficient (Wildman–Crippen LogP) is 4.83. The van der Waals surface area contributed by atoms with Crippen molar-refractivity contribution >= 4 is 29.7 Å². The Balaban J connectivity index is 1.52. The molecule has 0 radical (unpaired) electrons. The number of methoxy groups -OCH3 is 1. The molecular formula is C26H23ClN2O5. The van der Waals surface area contributed by atoms with Gasteiger partial charge in [-0.1, -0.05) is 35.9 Å². The van der Waals surface area contributed by atoms with Crippen molar-refractivity contribution in [2.24, 2.45) is 5.10 Å². The summed E-state index contributed by atoms with van der Waals surface area (Å²) in [5.74, 6) is 0.360. The monoisotopic (exact) mass is 478 g/mol. The van der Waals surface area contributed by atoms with Gasteiger partial charge in [0.2, 0.25) is 0 Å². The molecule has 3 rings (SSSR count). The van der Waals surface area contributed by atoms with Crippen molar-refractivity contribution in [3.8, 4) is 17.2 Å². The minimum Gasteiger partial charge on any atom is -0.493 e. The predicted molar refractivity (Wildman–Crippen MR) is 131 cm³/mol. The molecule has 8 heteroatoms. The Labute approximate surface area is 202 Å². The van der Waals surface area contributed by atoms with Crippen LogP contribution in [0.25, 0.3) is 0 Å². The molecule has 0 aliphatic carbocycles. The molecule has 174 valence electrons. The number of carbonyl (C=O) groups excluding carboxylic acids is 2. The molecule has 0 spiro atoms. The molecule has 0 aliphatic heterocycles. The SMILES string of the molecule is C=CCc1ccc(OCC(=O)N/N=C/c2cccc(OC(=O)c3ccc(Cl)cc3)c2)c(OC)c1. The Morgan fingerprint density at radius 1 is 1.06 bits per heavy atom. The number of hydrogen-bond acceptors (Lipinski definition) is 6. The molecule has 1 N–H and O–H groups in total. The molecule has 0 heterocycles. The van der Waals surface area contributed by atoms with Gasteiger partial charge in [0.15, 0.2) is 18.1 Å². The maximum absolute atomic E-state index is 12.2. The van der Waals surface area contributed by atoms with Crippen LogP contribution in [-0.4, -0.2) is 31.8 Å². The Morgan fingerprint density at radius 3 is 2.59 bits per heavy atom. The van der Waals surface area contributed by atoms with Gasteiger partial charge in [0.25, 0.3) is 5.91 Å². The second-order valence-electron chi connectivity index (χ2n) is 7.03. The minimum absolute atomic E-state index is 0.243. The van der Waals surface area contributed by atoms with Gasteiger partial charge in [-0.3, -0.25) is 4.79 Å². The minimum atomic E-state index is -0.510. The number of hydrogen-bond donors (Lipinski definition) is 1. The maximum atomic E-state index is 12.2. The molecule has 0 aliphatic rings. The fourth-order valence-electron chi connectivity index (χ4n) is 2.89. The smallest absolute Gasteiger partial charge is 0.343 e. The summed E-state index contributed by atoms with van der Waals surface area (Å²) < 4.78 is 16.2. The Kier molecular flexibility index (Phi) is 8.82. The summed E-state index contributed by atoms with van der Waals surface area (Å²) in [5, 5.41) is 4.45. The van der Waals surface area contributed by atoms with E-state index in [0.717, 1.165) is 5.56 Å². The van der Waals surface area contributed by atoms with Crippen LogP contribution in [0.5, 0.6) is 17.2 Å². The van der Waals surface area contributed by atoms with Crippen molar-refractivity contribution in [3.63, 3.8) is 0 Å². The lowest BCUT2D eigenvalue weighted by atomic mass is 10.1. The summed E-state index contributed by atoms with van der Waals surface area (Å²) in [6.07, 6.45) is 3.93. The molecule has 0 saturated heterocycles. The van der Waals surface area contributed by atoms with Crippen molar-refractivity contribution in [1.82, 2.24) is 5.43 Å². The number of rotatable bonds is 10. The van der Waals surface area contributed by atoms with Crippen LogP contribution in [0.15, 0.2) is 84.5 Å². The van der Waals surface area contributed by atoms with E-state index >= 15 is 0 Å². The summed E-state index contributed by atoms with van der Waals surface area (Å²) in [4.78, 5) is 24.3. The number of nitrogens with zero attached hydrogens (tertiary/aromatic N) is 1. The molecule has 0 fully saturated rings. The Morgan fingerprint density at radius 2 is 1.85 bits per heavy atom.